The van der Waals surface area contributed by atoms with E-state index < -0.39 is 0 Å². The number of hydrogen-bond donors (Lipinski definition) is 0. The third-order valence-electron chi connectivity index (χ3n) is 3.13. The lowest BCUT2D eigenvalue weighted by Gasteiger charge is -2.16. The molecule has 2 rings (SSSR count). The van der Waals surface area contributed by atoms with Gasteiger partial charge in [0.2, 0.25) is 0 Å². The molecule has 1 saturated carbocycles. The van der Waals surface area contributed by atoms with E-state index in [9.17, 15) is 0 Å². The van der Waals surface area contributed by atoms with Gasteiger partial charge in [-0.15, -0.1) is 11.6 Å². The van der Waals surface area contributed by atoms with Crippen molar-refractivity contribution >= 4 is 27.5 Å². The molecule has 4 heteroatoms. The lowest BCUT2D eigenvalue weighted by molar-refractivity contribution is 0.234. The van der Waals surface area contributed by atoms with Crippen LogP contribution in [0.1, 0.15) is 24.8 Å². The summed E-state index contributed by atoms with van der Waals surface area (Å²) in [5.41, 5.74) is 1.07. The second-order valence-corrected chi connectivity index (χ2v) is 5.61. The average Bonchev–Trinajstić information content (AvgIpc) is 3.08. The molecule has 0 unspecified atom stereocenters. The van der Waals surface area contributed by atoms with Gasteiger partial charge in [0, 0.05) is 17.4 Å². The van der Waals surface area contributed by atoms with E-state index in [0.717, 1.165) is 28.6 Å². The number of para-hydroxylation sites is 1. The fourth-order valence-corrected chi connectivity index (χ4v) is 2.49. The van der Waals surface area contributed by atoms with E-state index in [2.05, 4.69) is 22.0 Å². The summed E-state index contributed by atoms with van der Waals surface area (Å²) in [6.07, 6.45) is 2.75. The number of alkyl halides is 1. The van der Waals surface area contributed by atoms with Crippen LogP contribution in [-0.2, 0) is 5.88 Å². The van der Waals surface area contributed by atoms with Crippen LogP contribution in [0.25, 0.3) is 0 Å². The molecule has 0 aromatic heterocycles. The van der Waals surface area contributed by atoms with Crippen LogP contribution in [-0.4, -0.2) is 6.61 Å². The molecule has 0 bridgehead atoms. The van der Waals surface area contributed by atoms with Gasteiger partial charge in [0.05, 0.1) is 23.0 Å². The Bertz CT molecular complexity index is 451. The maximum Gasteiger partial charge on any atom is 0.137 e. The molecular formula is C13H13BrClNO. The van der Waals surface area contributed by atoms with Crippen LogP contribution in [0, 0.1) is 16.7 Å². The zero-order chi connectivity index (χ0) is 12.3. The highest BCUT2D eigenvalue weighted by atomic mass is 79.9. The first-order valence-electron chi connectivity index (χ1n) is 5.54. The molecule has 1 fully saturated rings. The highest BCUT2D eigenvalue weighted by Crippen LogP contribution is 2.49. The largest absolute Gasteiger partial charge is 0.491 e. The summed E-state index contributed by atoms with van der Waals surface area (Å²) in [6.45, 7) is 0.604. The Kier molecular flexibility index (Phi) is 3.96. The number of benzene rings is 1. The maximum absolute atomic E-state index is 8.76. The van der Waals surface area contributed by atoms with Crippen molar-refractivity contribution < 1.29 is 4.74 Å². The highest BCUT2D eigenvalue weighted by Gasteiger charge is 2.43. The number of halogens is 2. The molecule has 1 aliphatic carbocycles. The number of nitriles is 1. The van der Waals surface area contributed by atoms with Gasteiger partial charge in [-0.2, -0.15) is 5.26 Å². The quantitative estimate of drug-likeness (QED) is 0.761. The van der Waals surface area contributed by atoms with E-state index in [1.165, 1.54) is 0 Å². The molecule has 2 nitrogen and oxygen atoms in total. The van der Waals surface area contributed by atoms with Gasteiger partial charge in [-0.1, -0.05) is 12.1 Å². The Labute approximate surface area is 115 Å². The van der Waals surface area contributed by atoms with E-state index in [4.69, 9.17) is 21.6 Å². The van der Waals surface area contributed by atoms with Crippen molar-refractivity contribution in [3.8, 4) is 11.8 Å². The number of rotatable bonds is 5. The Hall–Kier alpha value is -0.720. The monoisotopic (exact) mass is 313 g/mol. The first-order valence-corrected chi connectivity index (χ1v) is 6.87. The van der Waals surface area contributed by atoms with Crippen molar-refractivity contribution in [2.45, 2.75) is 25.1 Å². The summed E-state index contributed by atoms with van der Waals surface area (Å²) in [5, 5.41) is 8.76. The third-order valence-corrected chi connectivity index (χ3v) is 4.04. The summed E-state index contributed by atoms with van der Waals surface area (Å²) in [5.74, 6) is 1.24. The van der Waals surface area contributed by atoms with Crippen LogP contribution in [0.4, 0.5) is 0 Å². The van der Waals surface area contributed by atoms with E-state index >= 15 is 0 Å². The van der Waals surface area contributed by atoms with E-state index in [0.29, 0.717) is 18.9 Å². The lowest BCUT2D eigenvalue weighted by atomic mass is 10.1. The van der Waals surface area contributed by atoms with Gasteiger partial charge in [0.25, 0.3) is 0 Å². The molecule has 0 atom stereocenters. The molecule has 0 heterocycles. The fourth-order valence-electron chi connectivity index (χ4n) is 1.76. The van der Waals surface area contributed by atoms with Gasteiger partial charge in [-0.3, -0.25) is 0 Å². The van der Waals surface area contributed by atoms with Crippen LogP contribution in [0.2, 0.25) is 0 Å². The van der Waals surface area contributed by atoms with Gasteiger partial charge in [-0.05, 0) is 34.8 Å². The summed E-state index contributed by atoms with van der Waals surface area (Å²) in [4.78, 5) is 0. The van der Waals surface area contributed by atoms with Crippen LogP contribution in [0.3, 0.4) is 0 Å². The van der Waals surface area contributed by atoms with Crippen molar-refractivity contribution in [2.24, 2.45) is 5.41 Å². The second-order valence-electron chi connectivity index (χ2n) is 4.49. The second kappa shape index (κ2) is 5.29. The first kappa shape index (κ1) is 12.7. The molecule has 90 valence electrons. The Morgan fingerprint density at radius 2 is 2.24 bits per heavy atom. The van der Waals surface area contributed by atoms with Gasteiger partial charge in [0.1, 0.15) is 5.75 Å². The number of nitrogens with zero attached hydrogens (tertiary/aromatic N) is 1. The van der Waals surface area contributed by atoms with Crippen molar-refractivity contribution in [1.29, 1.82) is 5.26 Å². The summed E-state index contributed by atoms with van der Waals surface area (Å²) in [7, 11) is 0. The smallest absolute Gasteiger partial charge is 0.137 e. The molecule has 0 aliphatic heterocycles. The van der Waals surface area contributed by atoms with Gasteiger partial charge >= 0.3 is 0 Å². The molecular weight excluding hydrogens is 302 g/mol. The van der Waals surface area contributed by atoms with Crippen LogP contribution in [0.5, 0.6) is 5.75 Å². The van der Waals surface area contributed by atoms with Crippen molar-refractivity contribution in [3.63, 3.8) is 0 Å². The van der Waals surface area contributed by atoms with E-state index in [1.54, 1.807) is 0 Å². The van der Waals surface area contributed by atoms with Crippen LogP contribution >= 0.6 is 27.5 Å². The van der Waals surface area contributed by atoms with Gasteiger partial charge < -0.3 is 4.74 Å². The Morgan fingerprint density at radius 3 is 2.82 bits per heavy atom. The molecule has 0 amide bonds. The number of ether oxygens (including phenoxy) is 1. The molecule has 0 saturated heterocycles. The van der Waals surface area contributed by atoms with E-state index in [-0.39, 0.29) is 5.41 Å². The normalized spacial score (nSPS) is 16.3. The minimum Gasteiger partial charge on any atom is -0.491 e. The van der Waals surface area contributed by atoms with Crippen molar-refractivity contribution in [1.82, 2.24) is 0 Å². The average molecular weight is 315 g/mol. The highest BCUT2D eigenvalue weighted by molar-refractivity contribution is 9.10. The molecule has 1 aromatic carbocycles. The zero-order valence-electron chi connectivity index (χ0n) is 9.38. The summed E-state index contributed by atoms with van der Waals surface area (Å²) < 4.78 is 6.78. The topological polar surface area (TPSA) is 33.0 Å². The molecule has 1 aromatic rings. The third kappa shape index (κ3) is 2.94. The van der Waals surface area contributed by atoms with Crippen molar-refractivity contribution in [2.75, 3.05) is 6.61 Å². The SMILES string of the molecule is N#CCC1(COc2c(Br)cccc2CCl)CC1. The predicted molar refractivity (Wildman–Crippen MR) is 71.1 cm³/mol. The minimum atomic E-state index is 0.0909. The van der Waals surface area contributed by atoms with Crippen LogP contribution in [0.15, 0.2) is 22.7 Å². The van der Waals surface area contributed by atoms with Crippen molar-refractivity contribution in [3.05, 3.63) is 28.2 Å². The van der Waals surface area contributed by atoms with Gasteiger partial charge in [-0.25, -0.2) is 0 Å². The molecule has 0 N–H and O–H groups in total. The summed E-state index contributed by atoms with van der Waals surface area (Å²) >= 11 is 9.34. The van der Waals surface area contributed by atoms with Crippen LogP contribution < -0.4 is 4.74 Å². The first-order chi connectivity index (χ1) is 8.21. The predicted octanol–water partition coefficient (Wildman–Crippen LogP) is 4.26. The van der Waals surface area contributed by atoms with Gasteiger partial charge in [0.15, 0.2) is 0 Å². The Morgan fingerprint density at radius 1 is 1.47 bits per heavy atom. The number of hydrogen-bond acceptors (Lipinski definition) is 2. The summed E-state index contributed by atoms with van der Waals surface area (Å²) in [6, 6.07) is 8.07. The molecule has 1 aliphatic rings. The Balaban J connectivity index is 2.07. The minimum absolute atomic E-state index is 0.0909. The standard InChI is InChI=1S/C13H13BrClNO/c14-11-3-1-2-10(8-15)12(11)17-9-13(4-5-13)6-7-16/h1-3H,4-6,8-9H2. The fraction of sp³-hybridized carbons (Fsp3) is 0.462. The molecule has 0 radical (unpaired) electrons. The lowest BCUT2D eigenvalue weighted by Crippen LogP contribution is -2.13. The molecule has 17 heavy (non-hydrogen) atoms. The zero-order valence-corrected chi connectivity index (χ0v) is 11.7. The van der Waals surface area contributed by atoms with E-state index in [1.807, 2.05) is 18.2 Å². The maximum atomic E-state index is 8.76. The molecule has 0 spiro atoms.